The van der Waals surface area contributed by atoms with Crippen LogP contribution in [-0.2, 0) is 0 Å². The first-order valence-electron chi connectivity index (χ1n) is 5.54. The first-order chi connectivity index (χ1) is 7.65. The van der Waals surface area contributed by atoms with Crippen molar-refractivity contribution in [3.8, 4) is 0 Å². The normalized spacial score (nSPS) is 12.4. The van der Waals surface area contributed by atoms with E-state index < -0.39 is 0 Å². The zero-order valence-electron chi connectivity index (χ0n) is 9.95. The molecule has 2 rings (SSSR count). The summed E-state index contributed by atoms with van der Waals surface area (Å²) in [5.74, 6) is 0. The maximum absolute atomic E-state index is 3.51. The van der Waals surface area contributed by atoms with E-state index in [-0.39, 0.29) is 0 Å². The van der Waals surface area contributed by atoms with Gasteiger partial charge in [-0.3, -0.25) is 0 Å². The number of nitrogens with one attached hydrogen (secondary N) is 1. The number of aryl methyl sites for hydroxylation is 2. The number of thiophene rings is 1. The van der Waals surface area contributed by atoms with Gasteiger partial charge in [0.25, 0.3) is 0 Å². The first-order valence-corrected chi connectivity index (χ1v) is 6.36. The van der Waals surface area contributed by atoms with E-state index in [4.69, 9.17) is 0 Å². The Morgan fingerprint density at radius 3 is 2.25 bits per heavy atom. The van der Waals surface area contributed by atoms with Crippen LogP contribution in [0.15, 0.2) is 36.4 Å². The second-order valence-corrected chi connectivity index (χ2v) is 5.50. The summed E-state index contributed by atoms with van der Waals surface area (Å²) in [5, 5.41) is 3.51. The van der Waals surface area contributed by atoms with Gasteiger partial charge in [-0.25, -0.2) is 0 Å². The molecular weight excluding hydrogens is 214 g/mol. The Balaban J connectivity index is 2.07. The molecule has 1 heterocycles. The molecule has 16 heavy (non-hydrogen) atoms. The van der Waals surface area contributed by atoms with Crippen molar-refractivity contribution in [2.45, 2.75) is 26.8 Å². The van der Waals surface area contributed by atoms with Gasteiger partial charge in [0.1, 0.15) is 0 Å². The Kier molecular flexibility index (Phi) is 3.30. The van der Waals surface area contributed by atoms with Gasteiger partial charge >= 0.3 is 0 Å². The van der Waals surface area contributed by atoms with Crippen LogP contribution in [0.2, 0.25) is 0 Å². The highest BCUT2D eigenvalue weighted by Gasteiger charge is 2.06. The third-order valence-electron chi connectivity index (χ3n) is 2.62. The van der Waals surface area contributed by atoms with E-state index in [0.717, 1.165) is 0 Å². The van der Waals surface area contributed by atoms with Crippen LogP contribution in [0, 0.1) is 13.8 Å². The fourth-order valence-electron chi connectivity index (χ4n) is 1.66. The van der Waals surface area contributed by atoms with Gasteiger partial charge in [-0.15, -0.1) is 11.3 Å². The molecule has 0 aliphatic heterocycles. The summed E-state index contributed by atoms with van der Waals surface area (Å²) in [7, 11) is 0. The van der Waals surface area contributed by atoms with Crippen molar-refractivity contribution >= 4 is 17.0 Å². The van der Waals surface area contributed by atoms with E-state index >= 15 is 0 Å². The lowest BCUT2D eigenvalue weighted by atomic mass is 10.2. The molecule has 1 atom stereocenters. The average molecular weight is 231 g/mol. The van der Waals surface area contributed by atoms with Crippen LogP contribution in [0.4, 0.5) is 5.69 Å². The standard InChI is InChI=1S/C14H17NS/c1-10-4-7-13(8-5-10)15-12(3)14-9-6-11(2)16-14/h4-9,12,15H,1-3H3. The second-order valence-electron chi connectivity index (χ2n) is 4.18. The molecule has 84 valence electrons. The van der Waals surface area contributed by atoms with E-state index in [1.807, 2.05) is 11.3 Å². The van der Waals surface area contributed by atoms with Crippen LogP contribution in [-0.4, -0.2) is 0 Å². The van der Waals surface area contributed by atoms with Gasteiger partial charge in [0.2, 0.25) is 0 Å². The third kappa shape index (κ3) is 2.64. The molecule has 1 aromatic carbocycles. The van der Waals surface area contributed by atoms with Crippen molar-refractivity contribution in [2.24, 2.45) is 0 Å². The minimum Gasteiger partial charge on any atom is -0.378 e. The van der Waals surface area contributed by atoms with Crippen molar-refractivity contribution < 1.29 is 0 Å². The Hall–Kier alpha value is -1.28. The molecule has 0 fully saturated rings. The highest BCUT2D eigenvalue weighted by molar-refractivity contribution is 7.12. The summed E-state index contributed by atoms with van der Waals surface area (Å²) in [6.07, 6.45) is 0. The molecule has 1 N–H and O–H groups in total. The summed E-state index contributed by atoms with van der Waals surface area (Å²) < 4.78 is 0. The maximum Gasteiger partial charge on any atom is 0.0578 e. The van der Waals surface area contributed by atoms with Crippen molar-refractivity contribution in [1.82, 2.24) is 0 Å². The lowest BCUT2D eigenvalue weighted by Crippen LogP contribution is -2.04. The largest absolute Gasteiger partial charge is 0.378 e. The number of hydrogen-bond acceptors (Lipinski definition) is 2. The zero-order valence-corrected chi connectivity index (χ0v) is 10.8. The molecule has 0 aliphatic rings. The van der Waals surface area contributed by atoms with Gasteiger partial charge in [0.15, 0.2) is 0 Å². The highest BCUT2D eigenvalue weighted by Crippen LogP contribution is 2.25. The lowest BCUT2D eigenvalue weighted by Gasteiger charge is -2.13. The number of hydrogen-bond donors (Lipinski definition) is 1. The van der Waals surface area contributed by atoms with Gasteiger partial charge in [-0.2, -0.15) is 0 Å². The van der Waals surface area contributed by atoms with Crippen LogP contribution >= 0.6 is 11.3 Å². The van der Waals surface area contributed by atoms with Crippen molar-refractivity contribution in [3.05, 3.63) is 51.7 Å². The van der Waals surface area contributed by atoms with Crippen molar-refractivity contribution in [1.29, 1.82) is 0 Å². The van der Waals surface area contributed by atoms with Crippen LogP contribution in [0.25, 0.3) is 0 Å². The maximum atomic E-state index is 3.51. The molecule has 1 aromatic heterocycles. The zero-order chi connectivity index (χ0) is 11.5. The average Bonchev–Trinajstić information content (AvgIpc) is 2.68. The number of rotatable bonds is 3. The van der Waals surface area contributed by atoms with Gasteiger partial charge in [0.05, 0.1) is 6.04 Å². The molecule has 0 saturated heterocycles. The molecule has 1 unspecified atom stereocenters. The molecule has 0 radical (unpaired) electrons. The summed E-state index contributed by atoms with van der Waals surface area (Å²) >= 11 is 1.86. The third-order valence-corrected chi connectivity index (χ3v) is 3.81. The lowest BCUT2D eigenvalue weighted by molar-refractivity contribution is 0.908. The van der Waals surface area contributed by atoms with E-state index in [9.17, 15) is 0 Å². The topological polar surface area (TPSA) is 12.0 Å². The number of anilines is 1. The van der Waals surface area contributed by atoms with Crippen molar-refractivity contribution in [3.63, 3.8) is 0 Å². The van der Waals surface area contributed by atoms with E-state index in [1.165, 1.54) is 21.0 Å². The summed E-state index contributed by atoms with van der Waals surface area (Å²) in [6.45, 7) is 6.45. The molecule has 0 spiro atoms. The molecule has 2 aromatic rings. The Bertz CT molecular complexity index is 456. The van der Waals surface area contributed by atoms with Crippen LogP contribution in [0.3, 0.4) is 0 Å². The molecule has 2 heteroatoms. The summed E-state index contributed by atoms with van der Waals surface area (Å²) in [5.41, 5.74) is 2.48. The Morgan fingerprint density at radius 2 is 1.69 bits per heavy atom. The minimum atomic E-state index is 0.376. The highest BCUT2D eigenvalue weighted by atomic mass is 32.1. The molecule has 0 amide bonds. The first kappa shape index (κ1) is 11.2. The fourth-order valence-corrected chi connectivity index (χ4v) is 2.54. The van der Waals surface area contributed by atoms with Gasteiger partial charge in [-0.1, -0.05) is 17.7 Å². The Morgan fingerprint density at radius 1 is 1.00 bits per heavy atom. The van der Waals surface area contributed by atoms with Crippen LogP contribution in [0.5, 0.6) is 0 Å². The van der Waals surface area contributed by atoms with Gasteiger partial charge < -0.3 is 5.32 Å². The van der Waals surface area contributed by atoms with Crippen LogP contribution < -0.4 is 5.32 Å². The van der Waals surface area contributed by atoms with Crippen molar-refractivity contribution in [2.75, 3.05) is 5.32 Å². The quantitative estimate of drug-likeness (QED) is 0.818. The van der Waals surface area contributed by atoms with E-state index in [0.29, 0.717) is 6.04 Å². The molecule has 1 nitrogen and oxygen atoms in total. The molecule has 0 saturated carbocycles. The monoisotopic (exact) mass is 231 g/mol. The smallest absolute Gasteiger partial charge is 0.0578 e. The second kappa shape index (κ2) is 4.71. The molecule has 0 aliphatic carbocycles. The van der Waals surface area contributed by atoms with Crippen LogP contribution in [0.1, 0.15) is 28.3 Å². The number of benzene rings is 1. The van der Waals surface area contributed by atoms with E-state index in [2.05, 4.69) is 62.5 Å². The predicted octanol–water partition coefficient (Wildman–Crippen LogP) is 4.54. The molecule has 0 bridgehead atoms. The minimum absolute atomic E-state index is 0.376. The fraction of sp³-hybridized carbons (Fsp3) is 0.286. The summed E-state index contributed by atoms with van der Waals surface area (Å²) in [6, 6.07) is 13.3. The predicted molar refractivity (Wildman–Crippen MR) is 72.3 cm³/mol. The van der Waals surface area contributed by atoms with Gasteiger partial charge in [-0.05, 0) is 45.0 Å². The van der Waals surface area contributed by atoms with E-state index in [1.54, 1.807) is 0 Å². The molecular formula is C14H17NS. The Labute approximate surface area is 101 Å². The van der Waals surface area contributed by atoms with Gasteiger partial charge in [0, 0.05) is 15.4 Å². The summed E-state index contributed by atoms with van der Waals surface area (Å²) in [4.78, 5) is 2.76. The SMILES string of the molecule is Cc1ccc(NC(C)c2ccc(C)s2)cc1.